The molecule has 0 saturated heterocycles. The minimum absolute atomic E-state index is 0.0913. The zero-order chi connectivity index (χ0) is 13.8. The van der Waals surface area contributed by atoms with Crippen LogP contribution in [0.3, 0.4) is 0 Å². The number of carbonyl (C=O) groups excluding carboxylic acids is 1. The summed E-state index contributed by atoms with van der Waals surface area (Å²) in [5.74, 6) is -0.727. The van der Waals surface area contributed by atoms with Gasteiger partial charge in [-0.1, -0.05) is 19.1 Å². The number of aryl methyl sites for hydroxylation is 1. The molecule has 2 rings (SSSR count). The van der Waals surface area contributed by atoms with Crippen LogP contribution in [0.4, 0.5) is 0 Å². The first-order chi connectivity index (χ1) is 9.15. The molecule has 1 aromatic carbocycles. The lowest BCUT2D eigenvalue weighted by Gasteiger charge is -2.00. The molecule has 0 unspecified atom stereocenters. The molecule has 0 fully saturated rings. The zero-order valence-electron chi connectivity index (χ0n) is 10.8. The van der Waals surface area contributed by atoms with Gasteiger partial charge in [0.1, 0.15) is 0 Å². The predicted molar refractivity (Wildman–Crippen MR) is 69.5 cm³/mol. The van der Waals surface area contributed by atoms with E-state index in [0.29, 0.717) is 5.69 Å². The van der Waals surface area contributed by atoms with Gasteiger partial charge in [0.05, 0.1) is 12.3 Å². The molecule has 6 heteroatoms. The van der Waals surface area contributed by atoms with Gasteiger partial charge in [-0.25, -0.2) is 9.59 Å². The second-order valence-corrected chi connectivity index (χ2v) is 3.93. The normalized spacial score (nSPS) is 10.4. The maximum atomic E-state index is 11.7. The van der Waals surface area contributed by atoms with Crippen molar-refractivity contribution in [3.8, 4) is 5.69 Å². The van der Waals surface area contributed by atoms with Crippen LogP contribution in [0.15, 0.2) is 29.1 Å². The summed E-state index contributed by atoms with van der Waals surface area (Å²) in [6.07, 6.45) is 0.920. The number of carbonyl (C=O) groups is 1. The molecular formula is C13H15N3O3. The minimum Gasteiger partial charge on any atom is -0.460 e. The van der Waals surface area contributed by atoms with Crippen LogP contribution in [0, 0.1) is 0 Å². The molecule has 0 bridgehead atoms. The Morgan fingerprint density at radius 1 is 1.32 bits per heavy atom. The molecule has 0 aliphatic rings. The molecule has 100 valence electrons. The van der Waals surface area contributed by atoms with Crippen LogP contribution in [0.2, 0.25) is 0 Å². The van der Waals surface area contributed by atoms with Crippen molar-refractivity contribution in [2.45, 2.75) is 20.3 Å². The first-order valence-corrected chi connectivity index (χ1v) is 6.11. The largest absolute Gasteiger partial charge is 0.460 e. The fourth-order valence-corrected chi connectivity index (χ4v) is 1.66. The average molecular weight is 261 g/mol. The number of esters is 1. The number of hydrogen-bond donors (Lipinski definition) is 1. The van der Waals surface area contributed by atoms with E-state index in [2.05, 4.69) is 17.0 Å². The number of aromatic amines is 1. The quantitative estimate of drug-likeness (QED) is 0.841. The highest BCUT2D eigenvalue weighted by atomic mass is 16.5. The van der Waals surface area contributed by atoms with E-state index in [1.54, 1.807) is 19.1 Å². The van der Waals surface area contributed by atoms with Crippen molar-refractivity contribution in [2.24, 2.45) is 0 Å². The Balaban J connectivity index is 2.34. The van der Waals surface area contributed by atoms with Crippen LogP contribution in [-0.4, -0.2) is 27.3 Å². The maximum absolute atomic E-state index is 11.7. The Hall–Kier alpha value is -2.37. The standard InChI is InChI=1S/C13H15N3O3/c1-3-9-5-7-10(8-6-9)16-13(18)14-11(15-16)12(17)19-4-2/h5-8H,3-4H2,1-2H3,(H,14,15,18). The molecule has 0 amide bonds. The lowest BCUT2D eigenvalue weighted by molar-refractivity contribution is 0.0512. The van der Waals surface area contributed by atoms with Gasteiger partial charge in [-0.05, 0) is 31.0 Å². The Bertz CT molecular complexity index is 625. The van der Waals surface area contributed by atoms with Crippen LogP contribution >= 0.6 is 0 Å². The van der Waals surface area contributed by atoms with Gasteiger partial charge in [-0.15, -0.1) is 5.10 Å². The van der Waals surface area contributed by atoms with Gasteiger partial charge in [0.25, 0.3) is 0 Å². The van der Waals surface area contributed by atoms with Crippen molar-refractivity contribution in [3.05, 3.63) is 46.1 Å². The predicted octanol–water partition coefficient (Wildman–Crippen LogP) is 1.30. The van der Waals surface area contributed by atoms with Gasteiger partial charge in [0.15, 0.2) is 0 Å². The Labute approximate surface area is 110 Å². The zero-order valence-corrected chi connectivity index (χ0v) is 10.8. The second-order valence-electron chi connectivity index (χ2n) is 3.93. The number of ether oxygens (including phenoxy) is 1. The summed E-state index contributed by atoms with van der Waals surface area (Å²) in [6.45, 7) is 3.98. The highest BCUT2D eigenvalue weighted by Crippen LogP contribution is 2.07. The van der Waals surface area contributed by atoms with Crippen LogP contribution in [0.5, 0.6) is 0 Å². The molecule has 2 aromatic rings. The van der Waals surface area contributed by atoms with Crippen molar-refractivity contribution in [1.29, 1.82) is 0 Å². The lowest BCUT2D eigenvalue weighted by atomic mass is 10.1. The first-order valence-electron chi connectivity index (χ1n) is 6.11. The molecule has 6 nitrogen and oxygen atoms in total. The smallest absolute Gasteiger partial charge is 0.376 e. The maximum Gasteiger partial charge on any atom is 0.376 e. The van der Waals surface area contributed by atoms with Crippen molar-refractivity contribution >= 4 is 5.97 Å². The summed E-state index contributed by atoms with van der Waals surface area (Å²) in [5.41, 5.74) is 1.30. The highest BCUT2D eigenvalue weighted by molar-refractivity contribution is 5.84. The van der Waals surface area contributed by atoms with E-state index in [1.807, 2.05) is 12.1 Å². The molecule has 1 heterocycles. The van der Waals surface area contributed by atoms with Gasteiger partial charge < -0.3 is 4.74 Å². The molecule has 0 spiro atoms. The Morgan fingerprint density at radius 2 is 2.00 bits per heavy atom. The SMILES string of the molecule is CCOC(=O)c1nn(-c2ccc(CC)cc2)c(=O)[nH]1. The van der Waals surface area contributed by atoms with Crippen molar-refractivity contribution < 1.29 is 9.53 Å². The third-order valence-corrected chi connectivity index (χ3v) is 2.68. The van der Waals surface area contributed by atoms with Crippen molar-refractivity contribution in [1.82, 2.24) is 14.8 Å². The summed E-state index contributed by atoms with van der Waals surface area (Å²) in [4.78, 5) is 25.6. The van der Waals surface area contributed by atoms with Gasteiger partial charge >= 0.3 is 11.7 Å². The molecule has 0 atom stereocenters. The number of aromatic nitrogens is 3. The molecule has 1 N–H and O–H groups in total. The summed E-state index contributed by atoms with van der Waals surface area (Å²) in [5, 5.41) is 3.93. The molecule has 0 radical (unpaired) electrons. The van der Waals surface area contributed by atoms with Crippen LogP contribution in [-0.2, 0) is 11.2 Å². The number of nitrogens with zero attached hydrogens (tertiary/aromatic N) is 2. The van der Waals surface area contributed by atoms with Crippen LogP contribution in [0.25, 0.3) is 5.69 Å². The number of benzene rings is 1. The molecule has 19 heavy (non-hydrogen) atoms. The minimum atomic E-state index is -0.636. The molecule has 1 aromatic heterocycles. The van der Waals surface area contributed by atoms with Gasteiger partial charge in [0.2, 0.25) is 5.82 Å². The van der Waals surface area contributed by atoms with E-state index in [1.165, 1.54) is 0 Å². The van der Waals surface area contributed by atoms with Crippen LogP contribution < -0.4 is 5.69 Å². The second kappa shape index (κ2) is 5.51. The fourth-order valence-electron chi connectivity index (χ4n) is 1.66. The monoisotopic (exact) mass is 261 g/mol. The van der Waals surface area contributed by atoms with E-state index >= 15 is 0 Å². The molecular weight excluding hydrogens is 246 g/mol. The van der Waals surface area contributed by atoms with E-state index in [0.717, 1.165) is 16.7 Å². The van der Waals surface area contributed by atoms with E-state index in [-0.39, 0.29) is 12.4 Å². The molecule has 0 aliphatic carbocycles. The van der Waals surface area contributed by atoms with E-state index in [4.69, 9.17) is 4.74 Å². The molecule has 0 aliphatic heterocycles. The van der Waals surface area contributed by atoms with Gasteiger partial charge in [-0.2, -0.15) is 4.68 Å². The van der Waals surface area contributed by atoms with E-state index < -0.39 is 11.7 Å². The summed E-state index contributed by atoms with van der Waals surface area (Å²) < 4.78 is 5.93. The number of H-pyrrole nitrogens is 1. The topological polar surface area (TPSA) is 77.0 Å². The van der Waals surface area contributed by atoms with Gasteiger partial charge in [-0.3, -0.25) is 4.98 Å². The van der Waals surface area contributed by atoms with E-state index in [9.17, 15) is 9.59 Å². The Kier molecular flexibility index (Phi) is 3.79. The summed E-state index contributed by atoms with van der Waals surface area (Å²) in [7, 11) is 0. The number of hydrogen-bond acceptors (Lipinski definition) is 4. The van der Waals surface area contributed by atoms with Crippen molar-refractivity contribution in [2.75, 3.05) is 6.61 Å². The third kappa shape index (κ3) is 2.73. The molecule has 0 saturated carbocycles. The highest BCUT2D eigenvalue weighted by Gasteiger charge is 2.14. The number of nitrogens with one attached hydrogen (secondary N) is 1. The number of rotatable bonds is 4. The van der Waals surface area contributed by atoms with Gasteiger partial charge in [0, 0.05) is 0 Å². The Morgan fingerprint density at radius 3 is 2.58 bits per heavy atom. The summed E-state index contributed by atoms with van der Waals surface area (Å²) in [6, 6.07) is 7.41. The van der Waals surface area contributed by atoms with Crippen LogP contribution in [0.1, 0.15) is 30.0 Å². The first kappa shape index (κ1) is 13.1. The lowest BCUT2D eigenvalue weighted by Crippen LogP contribution is -2.15. The van der Waals surface area contributed by atoms with Crippen molar-refractivity contribution in [3.63, 3.8) is 0 Å². The summed E-state index contributed by atoms with van der Waals surface area (Å²) >= 11 is 0. The average Bonchev–Trinajstić information content (AvgIpc) is 2.81. The fraction of sp³-hybridized carbons (Fsp3) is 0.308. The third-order valence-electron chi connectivity index (χ3n) is 2.68.